The van der Waals surface area contributed by atoms with E-state index >= 15 is 0 Å². The Morgan fingerprint density at radius 2 is 0.950 bits per heavy atom. The molecule has 1 atom stereocenters. The maximum atomic E-state index is 6.11. The van der Waals surface area contributed by atoms with E-state index in [0.29, 0.717) is 10.0 Å². The number of rotatable bonds is 2. The van der Waals surface area contributed by atoms with Gasteiger partial charge in [-0.15, -0.1) is 0 Å². The van der Waals surface area contributed by atoms with Crippen LogP contribution in [0.1, 0.15) is 17.0 Å². The highest BCUT2D eigenvalue weighted by atomic mass is 35.6. The van der Waals surface area contributed by atoms with Crippen molar-refractivity contribution in [1.82, 2.24) is 0 Å². The van der Waals surface area contributed by atoms with Crippen molar-refractivity contribution in [2.45, 2.75) is 9.71 Å². The van der Waals surface area contributed by atoms with Gasteiger partial charge in [-0.1, -0.05) is 82.3 Å². The number of benzene rings is 2. The third-order valence-electron chi connectivity index (χ3n) is 2.73. The van der Waals surface area contributed by atoms with Crippen molar-refractivity contribution in [2.75, 3.05) is 0 Å². The maximum Gasteiger partial charge on any atom is 0.201 e. The van der Waals surface area contributed by atoms with Crippen LogP contribution in [0, 0.1) is 0 Å². The molecule has 0 aliphatic carbocycles. The maximum absolute atomic E-state index is 6.11. The minimum absolute atomic E-state index is 0. The van der Waals surface area contributed by atoms with E-state index in [1.54, 1.807) is 24.3 Å². The lowest BCUT2D eigenvalue weighted by molar-refractivity contribution is 0.839. The molecule has 20 heavy (non-hydrogen) atoms. The van der Waals surface area contributed by atoms with Crippen LogP contribution in [0.5, 0.6) is 0 Å². The van der Waals surface area contributed by atoms with Gasteiger partial charge in [0.1, 0.15) is 0 Å². The molecule has 0 bridgehead atoms. The molecule has 0 aliphatic heterocycles. The quantitative estimate of drug-likeness (QED) is 0.404. The molecule has 0 saturated heterocycles. The third kappa shape index (κ3) is 4.67. The van der Waals surface area contributed by atoms with Crippen molar-refractivity contribution in [3.8, 4) is 0 Å². The highest BCUT2D eigenvalue weighted by Crippen LogP contribution is 2.45. The zero-order chi connectivity index (χ0) is 14.0. The molecule has 0 nitrogen and oxygen atoms in total. The van der Waals surface area contributed by atoms with Crippen molar-refractivity contribution in [1.29, 1.82) is 0 Å². The fourth-order valence-electron chi connectivity index (χ4n) is 1.88. The van der Waals surface area contributed by atoms with Crippen molar-refractivity contribution in [3.05, 3.63) is 69.7 Å². The summed E-state index contributed by atoms with van der Waals surface area (Å²) >= 11 is 30.1. The van der Waals surface area contributed by atoms with Gasteiger partial charge in [0.05, 0.1) is 5.92 Å². The van der Waals surface area contributed by atoms with Crippen molar-refractivity contribution in [2.24, 2.45) is 0 Å². The van der Waals surface area contributed by atoms with Gasteiger partial charge in [0.2, 0.25) is 3.79 Å². The standard InChI is InChI=1S/C14H9Cl5.H3P/c15-11-5-1-9(2-6-11)13(14(17,18)19)10-3-7-12(16)8-4-10;/h1-8,13H;1H3. The first-order valence-corrected chi connectivity index (χ1v) is 7.34. The normalized spacial score (nSPS) is 11.3. The average molecular weight is 388 g/mol. The van der Waals surface area contributed by atoms with Crippen molar-refractivity contribution >= 4 is 67.9 Å². The molecule has 6 heteroatoms. The smallest absolute Gasteiger partial charge is 0.153 e. The van der Waals surface area contributed by atoms with Crippen LogP contribution in [0.3, 0.4) is 0 Å². The van der Waals surface area contributed by atoms with Gasteiger partial charge >= 0.3 is 0 Å². The van der Waals surface area contributed by atoms with Gasteiger partial charge in [-0.05, 0) is 35.4 Å². The molecule has 2 rings (SSSR count). The Labute approximate surface area is 146 Å². The Morgan fingerprint density at radius 1 is 0.650 bits per heavy atom. The molecule has 2 aromatic carbocycles. The summed E-state index contributed by atoms with van der Waals surface area (Å²) in [6, 6.07) is 14.5. The summed E-state index contributed by atoms with van der Waals surface area (Å²) in [5.74, 6) is -0.382. The van der Waals surface area contributed by atoms with Crippen LogP contribution < -0.4 is 0 Å². The van der Waals surface area contributed by atoms with Gasteiger partial charge in [0.25, 0.3) is 0 Å². The topological polar surface area (TPSA) is 0 Å². The second-order valence-electron chi connectivity index (χ2n) is 4.08. The molecule has 0 saturated carbocycles. The number of hydrogen-bond donors (Lipinski definition) is 0. The molecule has 0 aromatic heterocycles. The lowest BCUT2D eigenvalue weighted by Crippen LogP contribution is -2.18. The Balaban J connectivity index is 0.00000200. The van der Waals surface area contributed by atoms with E-state index in [9.17, 15) is 0 Å². The highest BCUT2D eigenvalue weighted by Gasteiger charge is 2.35. The van der Waals surface area contributed by atoms with Crippen LogP contribution in [0.4, 0.5) is 0 Å². The molecule has 0 spiro atoms. The predicted octanol–water partition coefficient (Wildman–Crippen LogP) is 6.55. The molecule has 0 heterocycles. The van der Waals surface area contributed by atoms with E-state index in [1.165, 1.54) is 0 Å². The number of hydrogen-bond acceptors (Lipinski definition) is 0. The van der Waals surface area contributed by atoms with E-state index in [0.717, 1.165) is 11.1 Å². The second kappa shape index (κ2) is 7.54. The summed E-state index contributed by atoms with van der Waals surface area (Å²) in [6.45, 7) is 0. The second-order valence-corrected chi connectivity index (χ2v) is 7.32. The fraction of sp³-hybridized carbons (Fsp3) is 0.143. The summed E-state index contributed by atoms with van der Waals surface area (Å²) in [6.07, 6.45) is 0. The van der Waals surface area contributed by atoms with E-state index in [-0.39, 0.29) is 15.8 Å². The fourth-order valence-corrected chi connectivity index (χ4v) is 2.89. The first-order chi connectivity index (χ1) is 8.88. The summed E-state index contributed by atoms with van der Waals surface area (Å²) < 4.78 is -1.46. The monoisotopic (exact) mass is 386 g/mol. The Kier molecular flexibility index (Phi) is 6.93. The molecule has 0 amide bonds. The van der Waals surface area contributed by atoms with Crippen LogP contribution >= 0.6 is 67.9 Å². The molecule has 0 N–H and O–H groups in total. The first-order valence-electron chi connectivity index (χ1n) is 5.45. The van der Waals surface area contributed by atoms with E-state index in [2.05, 4.69) is 0 Å². The van der Waals surface area contributed by atoms with Crippen LogP contribution in [0.15, 0.2) is 48.5 Å². The van der Waals surface area contributed by atoms with Crippen LogP contribution in [0.2, 0.25) is 10.0 Å². The molecule has 0 radical (unpaired) electrons. The number of alkyl halides is 3. The van der Waals surface area contributed by atoms with Gasteiger partial charge in [0, 0.05) is 10.0 Å². The summed E-state index contributed by atoms with van der Waals surface area (Å²) in [5.41, 5.74) is 1.76. The van der Waals surface area contributed by atoms with Gasteiger partial charge in [-0.25, -0.2) is 0 Å². The minimum atomic E-state index is -1.46. The van der Waals surface area contributed by atoms with E-state index in [1.807, 2.05) is 24.3 Å². The molecular formula is C14H12Cl5P. The minimum Gasteiger partial charge on any atom is -0.153 e. The van der Waals surface area contributed by atoms with Gasteiger partial charge in [-0.2, -0.15) is 9.90 Å². The summed E-state index contributed by atoms with van der Waals surface area (Å²) in [5, 5.41) is 1.28. The molecule has 2 aromatic rings. The SMILES string of the molecule is Clc1ccc(C(c2ccc(Cl)cc2)C(Cl)(Cl)Cl)cc1.P. The van der Waals surface area contributed by atoms with E-state index in [4.69, 9.17) is 58.0 Å². The molecule has 1 unspecified atom stereocenters. The predicted molar refractivity (Wildman–Crippen MR) is 96.1 cm³/mol. The van der Waals surface area contributed by atoms with Gasteiger partial charge in [-0.3, -0.25) is 0 Å². The Hall–Kier alpha value is 0.320. The zero-order valence-corrected chi connectivity index (χ0v) is 15.5. The largest absolute Gasteiger partial charge is 0.201 e. The summed E-state index contributed by atoms with van der Waals surface area (Å²) in [7, 11) is 0. The Bertz CT molecular complexity index is 500. The zero-order valence-electron chi connectivity index (χ0n) is 10.3. The lowest BCUT2D eigenvalue weighted by Gasteiger charge is -2.25. The third-order valence-corrected chi connectivity index (χ3v) is 3.89. The molecule has 108 valence electrons. The van der Waals surface area contributed by atoms with Crippen molar-refractivity contribution in [3.63, 3.8) is 0 Å². The molecule has 0 fully saturated rings. The van der Waals surface area contributed by atoms with Crippen molar-refractivity contribution < 1.29 is 0 Å². The highest BCUT2D eigenvalue weighted by molar-refractivity contribution is 6.92. The molecular weight excluding hydrogens is 376 g/mol. The lowest BCUT2D eigenvalue weighted by atomic mass is 9.92. The summed E-state index contributed by atoms with van der Waals surface area (Å²) in [4.78, 5) is 0. The van der Waals surface area contributed by atoms with Gasteiger partial charge in [0.15, 0.2) is 0 Å². The molecule has 0 aliphatic rings. The first kappa shape index (κ1) is 18.4. The van der Waals surface area contributed by atoms with E-state index < -0.39 is 3.79 Å². The van der Waals surface area contributed by atoms with Crippen LogP contribution in [-0.2, 0) is 0 Å². The van der Waals surface area contributed by atoms with Crippen LogP contribution in [-0.4, -0.2) is 3.79 Å². The average Bonchev–Trinajstić information content (AvgIpc) is 2.33. The van der Waals surface area contributed by atoms with Crippen LogP contribution in [0.25, 0.3) is 0 Å². The van der Waals surface area contributed by atoms with Gasteiger partial charge < -0.3 is 0 Å². The Morgan fingerprint density at radius 3 is 1.20 bits per heavy atom. The number of halogens is 5.